The zero-order valence-electron chi connectivity index (χ0n) is 18.5. The van der Waals surface area contributed by atoms with Gasteiger partial charge in [-0.2, -0.15) is 0 Å². The van der Waals surface area contributed by atoms with Crippen molar-refractivity contribution in [3.05, 3.63) is 89.2 Å². The molecule has 0 aliphatic carbocycles. The lowest BCUT2D eigenvalue weighted by Crippen LogP contribution is -2.33. The fourth-order valence-corrected chi connectivity index (χ4v) is 3.85. The number of aromatic nitrogens is 1. The van der Waals surface area contributed by atoms with Gasteiger partial charge in [0.2, 0.25) is 5.91 Å². The number of aryl methyl sites for hydroxylation is 1. The molecule has 1 aliphatic rings. The molecular formula is C26H27N3O3. The summed E-state index contributed by atoms with van der Waals surface area (Å²) in [6.07, 6.45) is 1.91. The first-order valence-corrected chi connectivity index (χ1v) is 10.8. The average Bonchev–Trinajstić information content (AvgIpc) is 3.05. The van der Waals surface area contributed by atoms with Gasteiger partial charge in [-0.25, -0.2) is 0 Å². The van der Waals surface area contributed by atoms with E-state index in [9.17, 15) is 9.59 Å². The summed E-state index contributed by atoms with van der Waals surface area (Å²) in [5, 5.41) is 2.97. The Hall–Kier alpha value is -3.67. The van der Waals surface area contributed by atoms with Crippen LogP contribution in [-0.2, 0) is 11.3 Å². The maximum Gasteiger partial charge on any atom is 0.260 e. The molecule has 3 aromatic rings. The van der Waals surface area contributed by atoms with Gasteiger partial charge in [0.1, 0.15) is 5.75 Å². The molecule has 0 fully saturated rings. The van der Waals surface area contributed by atoms with Gasteiger partial charge in [0.05, 0.1) is 29.8 Å². The van der Waals surface area contributed by atoms with Gasteiger partial charge < -0.3 is 10.1 Å². The largest absolute Gasteiger partial charge is 0.491 e. The maximum absolute atomic E-state index is 13.1. The van der Waals surface area contributed by atoms with Crippen molar-refractivity contribution >= 4 is 17.5 Å². The second kappa shape index (κ2) is 9.22. The Balaban J connectivity index is 1.47. The van der Waals surface area contributed by atoms with E-state index in [1.165, 1.54) is 0 Å². The van der Waals surface area contributed by atoms with Gasteiger partial charge in [0.25, 0.3) is 5.91 Å². The predicted molar refractivity (Wildman–Crippen MR) is 124 cm³/mol. The van der Waals surface area contributed by atoms with Gasteiger partial charge >= 0.3 is 0 Å². The van der Waals surface area contributed by atoms with Crippen molar-refractivity contribution in [3.63, 3.8) is 0 Å². The lowest BCUT2D eigenvalue weighted by molar-refractivity contribution is -0.121. The number of anilines is 1. The normalized spacial score (nSPS) is 15.1. The van der Waals surface area contributed by atoms with Gasteiger partial charge in [-0.15, -0.1) is 0 Å². The molecule has 4 rings (SSSR count). The summed E-state index contributed by atoms with van der Waals surface area (Å²) in [6.45, 7) is 6.36. The second-order valence-corrected chi connectivity index (χ2v) is 8.25. The van der Waals surface area contributed by atoms with E-state index in [0.717, 1.165) is 22.6 Å². The zero-order chi connectivity index (χ0) is 22.7. The SMILES string of the molecule is Cc1ccc(N2C(=O)c3cccnc3[C@H]2CC(=O)NCc2ccc(OC(C)C)cc2)cc1. The number of ether oxygens (including phenoxy) is 1. The third-order valence-electron chi connectivity index (χ3n) is 5.39. The number of nitrogens with one attached hydrogen (secondary N) is 1. The van der Waals surface area contributed by atoms with Crippen molar-refractivity contribution in [2.24, 2.45) is 0 Å². The number of carbonyl (C=O) groups is 2. The number of amides is 2. The highest BCUT2D eigenvalue weighted by Gasteiger charge is 2.39. The quantitative estimate of drug-likeness (QED) is 0.597. The van der Waals surface area contributed by atoms with Crippen LogP contribution in [-0.4, -0.2) is 22.9 Å². The molecule has 6 heteroatoms. The van der Waals surface area contributed by atoms with E-state index in [2.05, 4.69) is 10.3 Å². The number of hydrogen-bond acceptors (Lipinski definition) is 4. The predicted octanol–water partition coefficient (Wildman–Crippen LogP) is 4.59. The Morgan fingerprint density at radius 2 is 1.81 bits per heavy atom. The van der Waals surface area contributed by atoms with Crippen molar-refractivity contribution in [3.8, 4) is 5.75 Å². The van der Waals surface area contributed by atoms with Crippen LogP contribution in [0, 0.1) is 6.92 Å². The highest BCUT2D eigenvalue weighted by molar-refractivity contribution is 6.11. The molecule has 1 atom stereocenters. The van der Waals surface area contributed by atoms with Crippen LogP contribution >= 0.6 is 0 Å². The van der Waals surface area contributed by atoms with Crippen LogP contribution in [0.5, 0.6) is 5.75 Å². The minimum Gasteiger partial charge on any atom is -0.491 e. The first-order valence-electron chi connectivity index (χ1n) is 10.8. The molecular weight excluding hydrogens is 402 g/mol. The number of nitrogens with zero attached hydrogens (tertiary/aromatic N) is 2. The van der Waals surface area contributed by atoms with E-state index < -0.39 is 6.04 Å². The van der Waals surface area contributed by atoms with Crippen LogP contribution in [0.3, 0.4) is 0 Å². The molecule has 2 amide bonds. The van der Waals surface area contributed by atoms with Crippen LogP contribution in [0.2, 0.25) is 0 Å². The van der Waals surface area contributed by atoms with Crippen molar-refractivity contribution in [2.75, 3.05) is 4.90 Å². The molecule has 0 radical (unpaired) electrons. The molecule has 32 heavy (non-hydrogen) atoms. The minimum atomic E-state index is -0.441. The van der Waals surface area contributed by atoms with E-state index in [4.69, 9.17) is 4.74 Å². The van der Waals surface area contributed by atoms with E-state index in [1.54, 1.807) is 23.2 Å². The smallest absolute Gasteiger partial charge is 0.260 e. The fourth-order valence-electron chi connectivity index (χ4n) is 3.85. The van der Waals surface area contributed by atoms with Crippen LogP contribution in [0.15, 0.2) is 66.9 Å². The first-order chi connectivity index (χ1) is 15.4. The minimum absolute atomic E-state index is 0.114. The summed E-state index contributed by atoms with van der Waals surface area (Å²) < 4.78 is 5.66. The Bertz CT molecular complexity index is 1110. The lowest BCUT2D eigenvalue weighted by Gasteiger charge is -2.24. The van der Waals surface area contributed by atoms with E-state index in [-0.39, 0.29) is 24.3 Å². The van der Waals surface area contributed by atoms with Crippen molar-refractivity contribution in [2.45, 2.75) is 45.9 Å². The summed E-state index contributed by atoms with van der Waals surface area (Å²) in [7, 11) is 0. The molecule has 1 aliphatic heterocycles. The van der Waals surface area contributed by atoms with Gasteiger partial charge in [0.15, 0.2) is 0 Å². The summed E-state index contributed by atoms with van der Waals surface area (Å²) in [4.78, 5) is 32.0. The van der Waals surface area contributed by atoms with Gasteiger partial charge in [-0.05, 0) is 62.7 Å². The molecule has 0 unspecified atom stereocenters. The Morgan fingerprint density at radius 1 is 1.09 bits per heavy atom. The van der Waals surface area contributed by atoms with Gasteiger partial charge in [0, 0.05) is 18.4 Å². The summed E-state index contributed by atoms with van der Waals surface area (Å²) in [5.74, 6) is 0.535. The Kier molecular flexibility index (Phi) is 6.21. The van der Waals surface area contributed by atoms with E-state index >= 15 is 0 Å². The van der Waals surface area contributed by atoms with Crippen LogP contribution in [0.1, 0.15) is 53.5 Å². The topological polar surface area (TPSA) is 71.5 Å². The number of hydrogen-bond donors (Lipinski definition) is 1. The lowest BCUT2D eigenvalue weighted by atomic mass is 10.1. The van der Waals surface area contributed by atoms with Crippen LogP contribution in [0.4, 0.5) is 5.69 Å². The number of pyridine rings is 1. The molecule has 0 saturated carbocycles. The molecule has 2 heterocycles. The molecule has 0 saturated heterocycles. The highest BCUT2D eigenvalue weighted by Crippen LogP contribution is 2.38. The van der Waals surface area contributed by atoms with Gasteiger partial charge in [-0.3, -0.25) is 19.5 Å². The average molecular weight is 430 g/mol. The molecule has 1 N–H and O–H groups in total. The number of carbonyl (C=O) groups excluding carboxylic acids is 2. The zero-order valence-corrected chi connectivity index (χ0v) is 18.5. The molecule has 2 aromatic carbocycles. The second-order valence-electron chi connectivity index (χ2n) is 8.25. The third-order valence-corrected chi connectivity index (χ3v) is 5.39. The van der Waals surface area contributed by atoms with Gasteiger partial charge in [-0.1, -0.05) is 29.8 Å². The maximum atomic E-state index is 13.1. The van der Waals surface area contributed by atoms with Crippen LogP contribution in [0.25, 0.3) is 0 Å². The third kappa shape index (κ3) is 4.64. The fraction of sp³-hybridized carbons (Fsp3) is 0.269. The first kappa shape index (κ1) is 21.6. The molecule has 0 bridgehead atoms. The number of rotatable bonds is 7. The number of fused-ring (bicyclic) bond motifs is 1. The highest BCUT2D eigenvalue weighted by atomic mass is 16.5. The summed E-state index contributed by atoms with van der Waals surface area (Å²) in [6, 6.07) is 18.5. The van der Waals surface area contributed by atoms with Crippen molar-refractivity contribution < 1.29 is 14.3 Å². The summed E-state index contributed by atoms with van der Waals surface area (Å²) >= 11 is 0. The molecule has 1 aromatic heterocycles. The standard InChI is InChI=1S/C26H27N3O3/c1-17(2)32-21-12-8-19(9-13-21)16-28-24(30)15-23-25-22(5-4-14-27-25)26(31)29(23)20-10-6-18(3)7-11-20/h4-14,17,23H,15-16H2,1-3H3,(H,28,30)/t23-/m1/s1. The van der Waals surface area contributed by atoms with E-state index in [1.807, 2.05) is 69.3 Å². The van der Waals surface area contributed by atoms with Crippen molar-refractivity contribution in [1.29, 1.82) is 0 Å². The molecule has 6 nitrogen and oxygen atoms in total. The Morgan fingerprint density at radius 3 is 2.50 bits per heavy atom. The monoisotopic (exact) mass is 429 g/mol. The van der Waals surface area contributed by atoms with Crippen LogP contribution < -0.4 is 15.0 Å². The number of benzene rings is 2. The molecule has 164 valence electrons. The van der Waals surface area contributed by atoms with Crippen molar-refractivity contribution in [1.82, 2.24) is 10.3 Å². The summed E-state index contributed by atoms with van der Waals surface area (Å²) in [5.41, 5.74) is 4.04. The Labute approximate surface area is 188 Å². The van der Waals surface area contributed by atoms with E-state index in [0.29, 0.717) is 17.8 Å². The molecule has 0 spiro atoms.